The average molecular weight is 466 g/mol. The molecule has 0 saturated heterocycles. The van der Waals surface area contributed by atoms with Gasteiger partial charge in [0.05, 0.1) is 4.90 Å². The topological polar surface area (TPSA) is 78.5 Å². The summed E-state index contributed by atoms with van der Waals surface area (Å²) in [5.74, 6) is -0.363. The maximum absolute atomic E-state index is 12.9. The lowest BCUT2D eigenvalue weighted by molar-refractivity contribution is 0.0977. The van der Waals surface area contributed by atoms with E-state index in [0.29, 0.717) is 16.3 Å². The van der Waals surface area contributed by atoms with E-state index < -0.39 is 10.0 Å². The number of amides is 1. The van der Waals surface area contributed by atoms with E-state index in [1.807, 2.05) is 0 Å². The summed E-state index contributed by atoms with van der Waals surface area (Å²) in [6.45, 7) is 0. The highest BCUT2D eigenvalue weighted by Crippen LogP contribution is 2.27. The molecule has 0 heterocycles. The van der Waals surface area contributed by atoms with Gasteiger partial charge in [-0.25, -0.2) is 8.42 Å². The Hall–Kier alpha value is -2.00. The second-order valence-electron chi connectivity index (χ2n) is 7.25. The molecule has 0 bridgehead atoms. The van der Waals surface area contributed by atoms with Crippen LogP contribution in [-0.2, 0) is 10.0 Å². The molecule has 30 heavy (non-hydrogen) atoms. The van der Waals surface area contributed by atoms with Crippen LogP contribution in [0.25, 0.3) is 0 Å². The Labute approximate surface area is 187 Å². The van der Waals surface area contributed by atoms with Gasteiger partial charge in [-0.3, -0.25) is 10.1 Å². The molecule has 1 amide bonds. The zero-order valence-electron chi connectivity index (χ0n) is 16.6. The lowest BCUT2D eigenvalue weighted by Crippen LogP contribution is -2.38. The summed E-state index contributed by atoms with van der Waals surface area (Å²) in [4.78, 5) is 12.4. The molecule has 0 spiro atoms. The van der Waals surface area contributed by atoms with Crippen LogP contribution in [0.3, 0.4) is 0 Å². The van der Waals surface area contributed by atoms with Crippen molar-refractivity contribution in [1.29, 1.82) is 0 Å². The average Bonchev–Trinajstić information content (AvgIpc) is 2.74. The van der Waals surface area contributed by atoms with Crippen molar-refractivity contribution in [3.8, 4) is 0 Å². The molecule has 1 aliphatic carbocycles. The van der Waals surface area contributed by atoms with Crippen molar-refractivity contribution in [3.05, 3.63) is 59.1 Å². The van der Waals surface area contributed by atoms with Crippen molar-refractivity contribution in [3.63, 3.8) is 0 Å². The second kappa shape index (κ2) is 9.87. The number of thiocarbonyl (C=S) groups is 1. The molecule has 0 aliphatic heterocycles. The molecule has 0 unspecified atom stereocenters. The van der Waals surface area contributed by atoms with E-state index in [-0.39, 0.29) is 22.0 Å². The highest BCUT2D eigenvalue weighted by Gasteiger charge is 2.28. The normalized spacial score (nSPS) is 15.0. The van der Waals surface area contributed by atoms with Crippen molar-refractivity contribution in [2.75, 3.05) is 12.4 Å². The Morgan fingerprint density at radius 3 is 2.23 bits per heavy atom. The smallest absolute Gasteiger partial charge is 0.257 e. The first-order valence-electron chi connectivity index (χ1n) is 9.73. The van der Waals surface area contributed by atoms with Gasteiger partial charge in [-0.2, -0.15) is 4.31 Å². The molecule has 1 aliphatic rings. The van der Waals surface area contributed by atoms with Gasteiger partial charge in [0.1, 0.15) is 0 Å². The fourth-order valence-corrected chi connectivity index (χ4v) is 5.21. The molecule has 0 aromatic heterocycles. The number of carbonyl (C=O) groups is 1. The molecule has 160 valence electrons. The Bertz CT molecular complexity index is 1000. The zero-order chi connectivity index (χ0) is 21.7. The van der Waals surface area contributed by atoms with Crippen molar-refractivity contribution in [2.45, 2.75) is 43.0 Å². The van der Waals surface area contributed by atoms with Crippen molar-refractivity contribution in [2.24, 2.45) is 0 Å². The maximum Gasteiger partial charge on any atom is 0.257 e. The second-order valence-corrected chi connectivity index (χ2v) is 10.1. The minimum Gasteiger partial charge on any atom is -0.332 e. The quantitative estimate of drug-likeness (QED) is 0.639. The molecule has 6 nitrogen and oxygen atoms in total. The molecule has 3 rings (SSSR count). The number of carbonyl (C=O) groups excluding carboxylic acids is 1. The Morgan fingerprint density at radius 2 is 1.63 bits per heavy atom. The van der Waals surface area contributed by atoms with Crippen LogP contribution in [-0.4, -0.2) is 36.8 Å². The summed E-state index contributed by atoms with van der Waals surface area (Å²) >= 11 is 11.0. The number of halogens is 1. The van der Waals surface area contributed by atoms with Gasteiger partial charge in [0.15, 0.2) is 5.11 Å². The number of nitrogens with zero attached hydrogens (tertiary/aromatic N) is 1. The SMILES string of the molecule is CN(C1CCCCC1)S(=O)(=O)c1ccc(NC(=S)NC(=O)c2ccc(Cl)cc2)cc1. The zero-order valence-corrected chi connectivity index (χ0v) is 19.0. The van der Waals surface area contributed by atoms with Gasteiger partial charge in [0.25, 0.3) is 5.91 Å². The predicted molar refractivity (Wildman–Crippen MR) is 123 cm³/mol. The highest BCUT2D eigenvalue weighted by molar-refractivity contribution is 7.89. The summed E-state index contributed by atoms with van der Waals surface area (Å²) in [5.41, 5.74) is 1.01. The third-order valence-corrected chi connectivity index (χ3v) is 7.59. The van der Waals surface area contributed by atoms with E-state index >= 15 is 0 Å². The van der Waals surface area contributed by atoms with E-state index in [1.165, 1.54) is 10.7 Å². The summed E-state index contributed by atoms with van der Waals surface area (Å²) in [5, 5.41) is 6.13. The summed E-state index contributed by atoms with van der Waals surface area (Å²) in [6.07, 6.45) is 5.09. The summed E-state index contributed by atoms with van der Waals surface area (Å²) in [6, 6.07) is 12.8. The molecular formula is C21H24ClN3O3S2. The molecule has 1 fully saturated rings. The first-order chi connectivity index (χ1) is 14.3. The van der Waals surface area contributed by atoms with Gasteiger partial charge in [-0.15, -0.1) is 0 Å². The van der Waals surface area contributed by atoms with Gasteiger partial charge >= 0.3 is 0 Å². The van der Waals surface area contributed by atoms with Gasteiger partial charge in [0, 0.05) is 29.4 Å². The molecule has 9 heteroatoms. The van der Waals surface area contributed by atoms with E-state index in [9.17, 15) is 13.2 Å². The van der Waals surface area contributed by atoms with Gasteiger partial charge in [0.2, 0.25) is 10.0 Å². The third kappa shape index (κ3) is 5.57. The lowest BCUT2D eigenvalue weighted by Gasteiger charge is -2.30. The van der Waals surface area contributed by atoms with Crippen LogP contribution in [0.4, 0.5) is 5.69 Å². The maximum atomic E-state index is 12.9. The first-order valence-corrected chi connectivity index (χ1v) is 12.0. The van der Waals surface area contributed by atoms with Crippen LogP contribution in [0.15, 0.2) is 53.4 Å². The van der Waals surface area contributed by atoms with Crippen molar-refractivity contribution in [1.82, 2.24) is 9.62 Å². The monoisotopic (exact) mass is 465 g/mol. The number of benzene rings is 2. The van der Waals surface area contributed by atoms with Crippen LogP contribution in [0, 0.1) is 0 Å². The van der Waals surface area contributed by atoms with Crippen LogP contribution >= 0.6 is 23.8 Å². The van der Waals surface area contributed by atoms with Crippen LogP contribution < -0.4 is 10.6 Å². The summed E-state index contributed by atoms with van der Waals surface area (Å²) in [7, 11) is -1.90. The van der Waals surface area contributed by atoms with Gasteiger partial charge < -0.3 is 5.32 Å². The van der Waals surface area contributed by atoms with Gasteiger partial charge in [-0.1, -0.05) is 30.9 Å². The molecule has 0 atom stereocenters. The standard InChI is InChI=1S/C21H24ClN3O3S2/c1-25(18-5-3-2-4-6-18)30(27,28)19-13-11-17(12-14-19)23-21(29)24-20(26)15-7-9-16(22)10-8-15/h7-14,18H,2-6H2,1H3,(H2,23,24,26,29). The molecule has 2 N–H and O–H groups in total. The Kier molecular flexibility index (Phi) is 7.46. The Morgan fingerprint density at radius 1 is 1.03 bits per heavy atom. The van der Waals surface area contributed by atoms with E-state index in [2.05, 4.69) is 10.6 Å². The fraction of sp³-hybridized carbons (Fsp3) is 0.333. The minimum atomic E-state index is -3.55. The number of anilines is 1. The van der Waals surface area contributed by atoms with E-state index in [0.717, 1.165) is 25.7 Å². The number of hydrogen-bond donors (Lipinski definition) is 2. The molecule has 0 radical (unpaired) electrons. The highest BCUT2D eigenvalue weighted by atomic mass is 35.5. The minimum absolute atomic E-state index is 0.0530. The number of sulfonamides is 1. The molecular weight excluding hydrogens is 442 g/mol. The number of rotatable bonds is 5. The van der Waals surface area contributed by atoms with E-state index in [1.54, 1.807) is 55.6 Å². The van der Waals surface area contributed by atoms with Crippen molar-refractivity contribution >= 4 is 50.5 Å². The predicted octanol–water partition coefficient (Wildman–Crippen LogP) is 4.42. The van der Waals surface area contributed by atoms with Crippen LogP contribution in [0.5, 0.6) is 0 Å². The van der Waals surface area contributed by atoms with Crippen LogP contribution in [0.2, 0.25) is 5.02 Å². The molecule has 1 saturated carbocycles. The number of hydrogen-bond acceptors (Lipinski definition) is 4. The molecule has 2 aromatic rings. The Balaban J connectivity index is 1.61. The third-order valence-electron chi connectivity index (χ3n) is 5.21. The van der Waals surface area contributed by atoms with Crippen molar-refractivity contribution < 1.29 is 13.2 Å². The van der Waals surface area contributed by atoms with E-state index in [4.69, 9.17) is 23.8 Å². The largest absolute Gasteiger partial charge is 0.332 e. The number of nitrogens with one attached hydrogen (secondary N) is 2. The first kappa shape index (κ1) is 22.7. The van der Waals surface area contributed by atoms with Gasteiger partial charge in [-0.05, 0) is 73.6 Å². The van der Waals surface area contributed by atoms with Crippen LogP contribution in [0.1, 0.15) is 42.5 Å². The molecule has 2 aromatic carbocycles. The summed E-state index contributed by atoms with van der Waals surface area (Å²) < 4.78 is 27.3. The lowest BCUT2D eigenvalue weighted by atomic mass is 9.96. The fourth-order valence-electron chi connectivity index (χ4n) is 3.46.